The summed E-state index contributed by atoms with van der Waals surface area (Å²) < 4.78 is 5.51. The number of hydrogen-bond acceptors (Lipinski definition) is 5. The van der Waals surface area contributed by atoms with Crippen LogP contribution in [-0.2, 0) is 33.9 Å². The van der Waals surface area contributed by atoms with E-state index in [2.05, 4.69) is 58.3 Å². The van der Waals surface area contributed by atoms with Crippen LogP contribution in [0.5, 0.6) is 5.75 Å². The van der Waals surface area contributed by atoms with E-state index in [1.807, 2.05) is 36.4 Å². The SMILES string of the molecule is COc1ccccc1CN1CCC(C(=O)N(CCc2ccccc2)Cc2ccccc2)CC1.O=C(O)C(=O)O. The number of carbonyl (C=O) groups is 3. The number of likely N-dealkylation sites (tertiary alicyclic amines) is 1. The van der Waals surface area contributed by atoms with Gasteiger partial charge in [-0.25, -0.2) is 9.59 Å². The molecule has 8 heteroatoms. The van der Waals surface area contributed by atoms with Crippen LogP contribution in [-0.4, -0.2) is 64.6 Å². The zero-order chi connectivity index (χ0) is 28.0. The Hall–Kier alpha value is -4.17. The van der Waals surface area contributed by atoms with Crippen molar-refractivity contribution in [1.29, 1.82) is 0 Å². The molecule has 1 fully saturated rings. The molecule has 3 aromatic rings. The Kier molecular flexibility index (Phi) is 11.5. The molecule has 39 heavy (non-hydrogen) atoms. The molecule has 0 aliphatic carbocycles. The maximum Gasteiger partial charge on any atom is 0.414 e. The standard InChI is InChI=1S/C29H34N2O2.C2H2O4/c1-33-28-15-9-8-14-27(28)23-30-19-17-26(18-20-30)29(32)31(22-25-12-6-3-7-13-25)21-16-24-10-4-2-5-11-24;3-1(4)2(5)6/h2-15,26H,16-23H2,1H3;(H,3,4)(H,5,6). The van der Waals surface area contributed by atoms with Crippen LogP contribution in [0, 0.1) is 5.92 Å². The third kappa shape index (κ3) is 9.57. The third-order valence-corrected chi connectivity index (χ3v) is 6.75. The molecule has 0 unspecified atom stereocenters. The van der Waals surface area contributed by atoms with Gasteiger partial charge in [0.2, 0.25) is 5.91 Å². The maximum atomic E-state index is 13.6. The fraction of sp³-hybridized carbons (Fsp3) is 0.323. The third-order valence-electron chi connectivity index (χ3n) is 6.75. The van der Waals surface area contributed by atoms with Gasteiger partial charge in [0, 0.05) is 31.1 Å². The fourth-order valence-electron chi connectivity index (χ4n) is 4.65. The largest absolute Gasteiger partial charge is 0.496 e. The number of carboxylic acids is 2. The Morgan fingerprint density at radius 1 is 0.821 bits per heavy atom. The fourth-order valence-corrected chi connectivity index (χ4v) is 4.65. The molecular weight excluding hydrogens is 496 g/mol. The van der Waals surface area contributed by atoms with Gasteiger partial charge in [-0.1, -0.05) is 78.9 Å². The first-order chi connectivity index (χ1) is 18.9. The summed E-state index contributed by atoms with van der Waals surface area (Å²) >= 11 is 0. The van der Waals surface area contributed by atoms with Gasteiger partial charge in [-0.15, -0.1) is 0 Å². The number of methoxy groups -OCH3 is 1. The Labute approximate surface area is 229 Å². The van der Waals surface area contributed by atoms with Crippen LogP contribution in [0.4, 0.5) is 0 Å². The second-order valence-corrected chi connectivity index (χ2v) is 9.45. The molecule has 1 heterocycles. The van der Waals surface area contributed by atoms with Gasteiger partial charge < -0.3 is 19.8 Å². The number of aliphatic carboxylic acids is 2. The van der Waals surface area contributed by atoms with Crippen molar-refractivity contribution >= 4 is 17.8 Å². The van der Waals surface area contributed by atoms with Gasteiger partial charge in [-0.2, -0.15) is 0 Å². The lowest BCUT2D eigenvalue weighted by Crippen LogP contribution is -2.42. The Morgan fingerprint density at radius 3 is 1.92 bits per heavy atom. The van der Waals surface area contributed by atoms with Crippen molar-refractivity contribution in [3.8, 4) is 5.75 Å². The Balaban J connectivity index is 0.000000631. The van der Waals surface area contributed by atoms with E-state index in [0.29, 0.717) is 12.5 Å². The molecule has 8 nitrogen and oxygen atoms in total. The van der Waals surface area contributed by atoms with Crippen molar-refractivity contribution in [2.75, 3.05) is 26.7 Å². The van der Waals surface area contributed by atoms with Gasteiger partial charge in [-0.3, -0.25) is 9.69 Å². The van der Waals surface area contributed by atoms with Crippen LogP contribution in [0.25, 0.3) is 0 Å². The van der Waals surface area contributed by atoms with Crippen molar-refractivity contribution in [3.05, 3.63) is 102 Å². The highest BCUT2D eigenvalue weighted by atomic mass is 16.5. The van der Waals surface area contributed by atoms with E-state index < -0.39 is 11.9 Å². The summed E-state index contributed by atoms with van der Waals surface area (Å²) in [6, 6.07) is 29.0. The highest BCUT2D eigenvalue weighted by molar-refractivity contribution is 6.27. The summed E-state index contributed by atoms with van der Waals surface area (Å²) in [7, 11) is 1.72. The van der Waals surface area contributed by atoms with Gasteiger partial charge in [0.1, 0.15) is 5.75 Å². The number of benzene rings is 3. The molecular formula is C31H36N2O6. The van der Waals surface area contributed by atoms with Crippen LogP contribution >= 0.6 is 0 Å². The maximum absolute atomic E-state index is 13.6. The number of carboxylic acid groups (broad SMARTS) is 2. The van der Waals surface area contributed by atoms with E-state index in [9.17, 15) is 4.79 Å². The molecule has 0 bridgehead atoms. The number of nitrogens with zero attached hydrogens (tertiary/aromatic N) is 2. The van der Waals surface area contributed by atoms with Crippen LogP contribution in [0.1, 0.15) is 29.5 Å². The van der Waals surface area contributed by atoms with Crippen LogP contribution in [0.15, 0.2) is 84.9 Å². The van der Waals surface area contributed by atoms with Crippen molar-refractivity contribution in [2.45, 2.75) is 32.4 Å². The highest BCUT2D eigenvalue weighted by Crippen LogP contribution is 2.25. The highest BCUT2D eigenvalue weighted by Gasteiger charge is 2.29. The molecule has 0 aromatic heterocycles. The topological polar surface area (TPSA) is 107 Å². The second-order valence-electron chi connectivity index (χ2n) is 9.45. The summed E-state index contributed by atoms with van der Waals surface area (Å²) in [6.07, 6.45) is 2.70. The molecule has 3 aromatic carbocycles. The lowest BCUT2D eigenvalue weighted by atomic mass is 9.94. The smallest absolute Gasteiger partial charge is 0.414 e. The van der Waals surface area contributed by atoms with E-state index >= 15 is 0 Å². The molecule has 0 atom stereocenters. The summed E-state index contributed by atoms with van der Waals surface area (Å²) in [5, 5.41) is 14.8. The van der Waals surface area contributed by atoms with Gasteiger partial charge in [-0.05, 0) is 49.5 Å². The average molecular weight is 533 g/mol. The van der Waals surface area contributed by atoms with E-state index in [-0.39, 0.29) is 5.92 Å². The lowest BCUT2D eigenvalue weighted by Gasteiger charge is -2.34. The molecule has 0 saturated carbocycles. The molecule has 206 valence electrons. The van der Waals surface area contributed by atoms with E-state index in [1.165, 1.54) is 16.7 Å². The first kappa shape index (κ1) is 29.4. The monoisotopic (exact) mass is 532 g/mol. The number of amides is 1. The molecule has 1 aliphatic rings. The minimum atomic E-state index is -1.82. The summed E-state index contributed by atoms with van der Waals surface area (Å²) in [5.41, 5.74) is 3.67. The van der Waals surface area contributed by atoms with Crippen molar-refractivity contribution in [1.82, 2.24) is 9.80 Å². The molecule has 4 rings (SSSR count). The summed E-state index contributed by atoms with van der Waals surface area (Å²) in [4.78, 5) is 36.3. The van der Waals surface area contributed by atoms with E-state index in [4.69, 9.17) is 24.5 Å². The molecule has 1 saturated heterocycles. The number of carbonyl (C=O) groups excluding carboxylic acids is 1. The zero-order valence-corrected chi connectivity index (χ0v) is 22.2. The van der Waals surface area contributed by atoms with Crippen LogP contribution in [0.3, 0.4) is 0 Å². The van der Waals surface area contributed by atoms with Crippen molar-refractivity contribution in [2.24, 2.45) is 5.92 Å². The lowest BCUT2D eigenvalue weighted by molar-refractivity contribution is -0.159. The first-order valence-electron chi connectivity index (χ1n) is 13.0. The normalized spacial score (nSPS) is 13.6. The van der Waals surface area contributed by atoms with Gasteiger partial charge in [0.25, 0.3) is 0 Å². The number of ether oxygens (including phenoxy) is 1. The second kappa shape index (κ2) is 15.3. The van der Waals surface area contributed by atoms with Gasteiger partial charge in [0.05, 0.1) is 7.11 Å². The molecule has 1 aliphatic heterocycles. The van der Waals surface area contributed by atoms with Crippen LogP contribution in [0.2, 0.25) is 0 Å². The number of rotatable bonds is 9. The van der Waals surface area contributed by atoms with Gasteiger partial charge in [0.15, 0.2) is 0 Å². The molecule has 0 radical (unpaired) electrons. The van der Waals surface area contributed by atoms with E-state index in [0.717, 1.165) is 51.2 Å². The average Bonchev–Trinajstić information content (AvgIpc) is 2.97. The number of hydrogen-bond donors (Lipinski definition) is 2. The predicted molar refractivity (Wildman–Crippen MR) is 148 cm³/mol. The van der Waals surface area contributed by atoms with E-state index in [1.54, 1.807) is 7.11 Å². The minimum absolute atomic E-state index is 0.0957. The number of piperidine rings is 1. The minimum Gasteiger partial charge on any atom is -0.496 e. The zero-order valence-electron chi connectivity index (χ0n) is 22.2. The van der Waals surface area contributed by atoms with Crippen molar-refractivity contribution in [3.63, 3.8) is 0 Å². The molecule has 2 N–H and O–H groups in total. The summed E-state index contributed by atoms with van der Waals surface area (Å²) in [6.45, 7) is 4.17. The Bertz CT molecular complexity index is 1180. The molecule has 0 spiro atoms. The summed E-state index contributed by atoms with van der Waals surface area (Å²) in [5.74, 6) is -2.32. The van der Waals surface area contributed by atoms with Crippen LogP contribution < -0.4 is 4.74 Å². The Morgan fingerprint density at radius 2 is 1.36 bits per heavy atom. The quantitative estimate of drug-likeness (QED) is 0.395. The van der Waals surface area contributed by atoms with Crippen molar-refractivity contribution < 1.29 is 29.3 Å². The first-order valence-corrected chi connectivity index (χ1v) is 13.0. The number of para-hydroxylation sites is 1. The van der Waals surface area contributed by atoms with Gasteiger partial charge >= 0.3 is 11.9 Å². The predicted octanol–water partition coefficient (Wildman–Crippen LogP) is 4.33. The molecule has 1 amide bonds.